The van der Waals surface area contributed by atoms with E-state index in [1.165, 1.54) is 28.3 Å². The number of anilines is 2. The summed E-state index contributed by atoms with van der Waals surface area (Å²) in [7, 11) is 0. The third-order valence-corrected chi connectivity index (χ3v) is 6.08. The zero-order valence-corrected chi connectivity index (χ0v) is 15.4. The monoisotopic (exact) mass is 340 g/mol. The lowest BCUT2D eigenvalue weighted by Crippen LogP contribution is -2.24. The van der Waals surface area contributed by atoms with Crippen LogP contribution >= 0.6 is 11.8 Å². The summed E-state index contributed by atoms with van der Waals surface area (Å²) in [6, 6.07) is 6.69. The highest BCUT2D eigenvalue weighted by Gasteiger charge is 2.32. The number of carbonyl (C=O) groups excluding carboxylic acids is 1. The van der Waals surface area contributed by atoms with Crippen molar-refractivity contribution < 1.29 is 4.79 Å². The summed E-state index contributed by atoms with van der Waals surface area (Å²) >= 11 is 1.77. The molecule has 4 rings (SSSR count). The lowest BCUT2D eigenvalue weighted by Gasteiger charge is -2.34. The first kappa shape index (κ1) is 15.8. The van der Waals surface area contributed by atoms with Crippen LogP contribution < -0.4 is 10.2 Å². The van der Waals surface area contributed by atoms with Gasteiger partial charge in [0.05, 0.1) is 11.4 Å². The molecule has 2 heterocycles. The number of nitrogens with one attached hydrogen (secondary N) is 1. The van der Waals surface area contributed by atoms with E-state index in [0.717, 1.165) is 30.0 Å². The molecule has 0 saturated carbocycles. The molecule has 1 aliphatic carbocycles. The molecule has 0 spiro atoms. The summed E-state index contributed by atoms with van der Waals surface area (Å²) in [6.45, 7) is 8.81. The summed E-state index contributed by atoms with van der Waals surface area (Å²) in [6.07, 6.45) is 4.91. The minimum absolute atomic E-state index is 0.0444. The Morgan fingerprint density at radius 3 is 2.62 bits per heavy atom. The number of thioether (sulfide) groups is 1. The van der Waals surface area contributed by atoms with E-state index >= 15 is 0 Å². The minimum atomic E-state index is -0.0444. The first-order valence-corrected chi connectivity index (χ1v) is 9.56. The van der Waals surface area contributed by atoms with Crippen molar-refractivity contribution in [2.75, 3.05) is 23.3 Å². The van der Waals surface area contributed by atoms with Gasteiger partial charge in [-0.1, -0.05) is 32.5 Å². The molecular formula is C20H24N2OS. The number of allylic oxidation sites excluding steroid dienone is 3. The van der Waals surface area contributed by atoms with Gasteiger partial charge in [-0.3, -0.25) is 4.79 Å². The first-order chi connectivity index (χ1) is 11.4. The van der Waals surface area contributed by atoms with Gasteiger partial charge < -0.3 is 10.2 Å². The van der Waals surface area contributed by atoms with E-state index in [1.807, 2.05) is 6.08 Å². The number of ketones is 1. The van der Waals surface area contributed by atoms with Crippen LogP contribution in [-0.4, -0.2) is 18.9 Å². The van der Waals surface area contributed by atoms with Crippen LogP contribution in [0.4, 0.5) is 11.4 Å². The molecule has 4 heteroatoms. The van der Waals surface area contributed by atoms with Crippen molar-refractivity contribution in [3.05, 3.63) is 40.5 Å². The van der Waals surface area contributed by atoms with Crippen LogP contribution in [0.1, 0.15) is 40.0 Å². The molecule has 2 aliphatic heterocycles. The van der Waals surface area contributed by atoms with Crippen LogP contribution in [0.15, 0.2) is 45.3 Å². The zero-order valence-electron chi connectivity index (χ0n) is 14.6. The van der Waals surface area contributed by atoms with Crippen LogP contribution in [0.5, 0.6) is 0 Å². The van der Waals surface area contributed by atoms with Crippen molar-refractivity contribution in [2.45, 2.75) is 44.9 Å². The van der Waals surface area contributed by atoms with E-state index in [9.17, 15) is 4.79 Å². The molecule has 0 unspecified atom stereocenters. The maximum atomic E-state index is 12.2. The summed E-state index contributed by atoms with van der Waals surface area (Å²) in [5.41, 5.74) is 4.69. The second-order valence-electron chi connectivity index (χ2n) is 7.85. The number of rotatable bonds is 1. The van der Waals surface area contributed by atoms with Gasteiger partial charge in [-0.2, -0.15) is 0 Å². The third-order valence-electron chi connectivity index (χ3n) is 4.93. The molecule has 0 atom stereocenters. The third kappa shape index (κ3) is 2.77. The van der Waals surface area contributed by atoms with Gasteiger partial charge in [0.25, 0.3) is 0 Å². The Morgan fingerprint density at radius 2 is 1.92 bits per heavy atom. The second-order valence-corrected chi connectivity index (χ2v) is 8.99. The highest BCUT2D eigenvalue weighted by Crippen LogP contribution is 2.48. The van der Waals surface area contributed by atoms with Gasteiger partial charge in [-0.15, -0.1) is 0 Å². The largest absolute Gasteiger partial charge is 0.372 e. The molecule has 3 nitrogen and oxygen atoms in total. The number of carbonyl (C=O) groups is 1. The normalized spacial score (nSPS) is 20.5. The molecule has 0 aromatic heterocycles. The standard InChI is InChI=1S/C20H24N2OS/c1-20(2,3)15-11-14(23)12-18-19(15)21-16-7-6-13(10-17(16)24-18)22-8-4-5-9-22/h6-7,10-11,21H,4-5,8-9,12H2,1-3H3. The molecular weight excluding hydrogens is 316 g/mol. The average Bonchev–Trinajstić information content (AvgIpc) is 3.05. The van der Waals surface area contributed by atoms with Gasteiger partial charge in [-0.05, 0) is 48.1 Å². The summed E-state index contributed by atoms with van der Waals surface area (Å²) < 4.78 is 0. The second kappa shape index (κ2) is 5.69. The molecule has 1 aromatic rings. The van der Waals surface area contributed by atoms with Crippen molar-refractivity contribution in [1.29, 1.82) is 0 Å². The number of fused-ring (bicyclic) bond motifs is 1. The fourth-order valence-corrected chi connectivity index (χ4v) is 4.79. The molecule has 24 heavy (non-hydrogen) atoms. The van der Waals surface area contributed by atoms with E-state index in [1.54, 1.807) is 11.8 Å². The van der Waals surface area contributed by atoms with Crippen molar-refractivity contribution in [1.82, 2.24) is 0 Å². The summed E-state index contributed by atoms with van der Waals surface area (Å²) in [4.78, 5) is 17.1. The Labute approximate surface area is 148 Å². The fraction of sp³-hybridized carbons (Fsp3) is 0.450. The molecule has 0 radical (unpaired) electrons. The first-order valence-electron chi connectivity index (χ1n) is 8.74. The van der Waals surface area contributed by atoms with Gasteiger partial charge in [0.1, 0.15) is 0 Å². The molecule has 0 bridgehead atoms. The molecule has 1 N–H and O–H groups in total. The Kier molecular flexibility index (Phi) is 3.75. The van der Waals surface area contributed by atoms with Crippen LogP contribution in [0, 0.1) is 5.41 Å². The number of benzene rings is 1. The van der Waals surface area contributed by atoms with E-state index in [0.29, 0.717) is 6.42 Å². The van der Waals surface area contributed by atoms with E-state index in [4.69, 9.17) is 0 Å². The quantitative estimate of drug-likeness (QED) is 0.783. The van der Waals surface area contributed by atoms with Crippen molar-refractivity contribution in [3.63, 3.8) is 0 Å². The molecule has 3 aliphatic rings. The van der Waals surface area contributed by atoms with Crippen LogP contribution in [-0.2, 0) is 4.79 Å². The zero-order chi connectivity index (χ0) is 16.9. The summed E-state index contributed by atoms with van der Waals surface area (Å²) in [5.74, 6) is 0.215. The predicted molar refractivity (Wildman–Crippen MR) is 102 cm³/mol. The average molecular weight is 340 g/mol. The topological polar surface area (TPSA) is 32.3 Å². The van der Waals surface area contributed by atoms with Gasteiger partial charge in [0, 0.05) is 35.0 Å². The predicted octanol–water partition coefficient (Wildman–Crippen LogP) is 4.96. The molecule has 1 saturated heterocycles. The number of nitrogens with zero attached hydrogens (tertiary/aromatic N) is 1. The van der Waals surface area contributed by atoms with Crippen molar-refractivity contribution in [2.24, 2.45) is 5.41 Å². The maximum absolute atomic E-state index is 12.2. The van der Waals surface area contributed by atoms with Crippen LogP contribution in [0.2, 0.25) is 0 Å². The van der Waals surface area contributed by atoms with E-state index < -0.39 is 0 Å². The summed E-state index contributed by atoms with van der Waals surface area (Å²) in [5, 5.41) is 3.61. The van der Waals surface area contributed by atoms with Gasteiger partial charge in [0.15, 0.2) is 5.78 Å². The van der Waals surface area contributed by atoms with Gasteiger partial charge in [0.2, 0.25) is 0 Å². The van der Waals surface area contributed by atoms with Crippen LogP contribution in [0.3, 0.4) is 0 Å². The lowest BCUT2D eigenvalue weighted by atomic mass is 9.81. The van der Waals surface area contributed by atoms with Gasteiger partial charge in [-0.25, -0.2) is 0 Å². The molecule has 1 aromatic carbocycles. The highest BCUT2D eigenvalue weighted by molar-refractivity contribution is 8.03. The number of hydrogen-bond donors (Lipinski definition) is 1. The maximum Gasteiger partial charge on any atom is 0.161 e. The lowest BCUT2D eigenvalue weighted by molar-refractivity contribution is -0.114. The molecule has 1 fully saturated rings. The number of hydrogen-bond acceptors (Lipinski definition) is 4. The Bertz CT molecular complexity index is 764. The van der Waals surface area contributed by atoms with Gasteiger partial charge >= 0.3 is 0 Å². The Hall–Kier alpha value is -1.68. The Morgan fingerprint density at radius 1 is 1.17 bits per heavy atom. The molecule has 126 valence electrons. The van der Waals surface area contributed by atoms with E-state index in [-0.39, 0.29) is 11.2 Å². The highest BCUT2D eigenvalue weighted by atomic mass is 32.2. The van der Waals surface area contributed by atoms with Crippen molar-refractivity contribution in [3.8, 4) is 0 Å². The van der Waals surface area contributed by atoms with Crippen LogP contribution in [0.25, 0.3) is 0 Å². The van der Waals surface area contributed by atoms with E-state index in [2.05, 4.69) is 49.2 Å². The minimum Gasteiger partial charge on any atom is -0.372 e. The SMILES string of the molecule is CC(C)(C)C1=CC(=O)CC2=C1Nc1ccc(N3CCCC3)cc1S2. The smallest absolute Gasteiger partial charge is 0.161 e. The molecule has 0 amide bonds. The Balaban J connectivity index is 1.69. The van der Waals surface area contributed by atoms with Crippen molar-refractivity contribution >= 4 is 28.9 Å². The fourth-order valence-electron chi connectivity index (χ4n) is 3.63.